The fraction of sp³-hybridized carbons (Fsp3) is 0.300. The Kier molecular flexibility index (Phi) is 8.04. The van der Waals surface area contributed by atoms with Gasteiger partial charge in [0, 0.05) is 30.5 Å². The summed E-state index contributed by atoms with van der Waals surface area (Å²) in [6.45, 7) is 0. The number of likely N-dealkylation sites (tertiary alicyclic amines) is 1. The van der Waals surface area contributed by atoms with E-state index in [-0.39, 0.29) is 30.9 Å². The van der Waals surface area contributed by atoms with Crippen molar-refractivity contribution in [2.75, 3.05) is 26.2 Å². The Hall–Kier alpha value is -5.06. The highest BCUT2D eigenvalue weighted by Gasteiger charge is 2.76. The summed E-state index contributed by atoms with van der Waals surface area (Å²) in [5, 5.41) is 10.2. The van der Waals surface area contributed by atoms with Gasteiger partial charge < -0.3 is 19.3 Å². The highest BCUT2D eigenvalue weighted by Crippen LogP contribution is 2.64. The number of hydrogen-bond acceptors (Lipinski definition) is 8. The van der Waals surface area contributed by atoms with Crippen molar-refractivity contribution in [3.8, 4) is 23.0 Å². The van der Waals surface area contributed by atoms with Crippen LogP contribution < -0.4 is 19.1 Å². The second-order valence-corrected chi connectivity index (χ2v) is 15.1. The van der Waals surface area contributed by atoms with Crippen LogP contribution in [-0.2, 0) is 25.6 Å². The summed E-state index contributed by atoms with van der Waals surface area (Å²) in [6.07, 6.45) is 7.58. The quantitative estimate of drug-likeness (QED) is 0.139. The Labute approximate surface area is 309 Å². The molecule has 1 saturated carbocycles. The van der Waals surface area contributed by atoms with Gasteiger partial charge in [-0.2, -0.15) is 0 Å². The first-order valence-corrected chi connectivity index (χ1v) is 17.6. The van der Waals surface area contributed by atoms with E-state index < -0.39 is 51.1 Å². The standard InChI is InChI=1S/C40H34Cl2N2O8/c1-43-37(48)39(41)19-30-28(34(40(39,42)38(43)49)24-16-23-17-26(45)10-14-32(23)52-20-24)12-13-29-33(30)36(47)44(35(29)46)25-8-5-21(6-9-25)4-7-22-18-27(50-2)11-15-31(22)51-3/h4-12,14-15,17-18,20,29-30,33-34,45H,13,16,19H2,1-3H3. The number of phenolic OH excluding ortho intramolecular Hbond substituents is 1. The zero-order valence-corrected chi connectivity index (χ0v) is 30.0. The molecule has 2 aliphatic carbocycles. The van der Waals surface area contributed by atoms with Gasteiger partial charge in [-0.25, -0.2) is 0 Å². The molecular weight excluding hydrogens is 707 g/mol. The molecule has 12 heteroatoms. The molecule has 6 unspecified atom stereocenters. The van der Waals surface area contributed by atoms with Gasteiger partial charge in [0.2, 0.25) is 11.8 Å². The summed E-state index contributed by atoms with van der Waals surface area (Å²) in [5.41, 5.74) is 4.00. The van der Waals surface area contributed by atoms with Crippen molar-refractivity contribution in [1.82, 2.24) is 4.90 Å². The molecule has 4 amide bonds. The number of benzene rings is 3. The molecule has 3 aromatic rings. The number of aromatic hydroxyl groups is 1. The molecule has 0 aromatic heterocycles. The van der Waals surface area contributed by atoms with E-state index in [2.05, 4.69) is 0 Å². The number of alkyl halides is 2. The molecule has 5 aliphatic rings. The van der Waals surface area contributed by atoms with Gasteiger partial charge in [0.05, 0.1) is 38.0 Å². The topological polar surface area (TPSA) is 123 Å². The smallest absolute Gasteiger partial charge is 0.253 e. The highest BCUT2D eigenvalue weighted by atomic mass is 35.5. The van der Waals surface area contributed by atoms with Crippen LogP contribution in [0.25, 0.3) is 12.2 Å². The number of phenols is 1. The van der Waals surface area contributed by atoms with Crippen molar-refractivity contribution in [3.63, 3.8) is 0 Å². The monoisotopic (exact) mass is 740 g/mol. The average Bonchev–Trinajstić information content (AvgIpc) is 3.48. The molecule has 0 radical (unpaired) electrons. The maximum atomic E-state index is 14.4. The van der Waals surface area contributed by atoms with Crippen LogP contribution in [0.3, 0.4) is 0 Å². The first-order valence-electron chi connectivity index (χ1n) is 16.9. The van der Waals surface area contributed by atoms with Gasteiger partial charge in [-0.1, -0.05) is 35.9 Å². The number of anilines is 1. The molecule has 52 heavy (non-hydrogen) atoms. The van der Waals surface area contributed by atoms with Gasteiger partial charge in [-0.15, -0.1) is 23.2 Å². The van der Waals surface area contributed by atoms with Crippen LogP contribution in [0.1, 0.15) is 29.5 Å². The number of allylic oxidation sites excluding steroid dienone is 3. The van der Waals surface area contributed by atoms with Gasteiger partial charge in [0.15, 0.2) is 9.75 Å². The molecule has 266 valence electrons. The van der Waals surface area contributed by atoms with Gasteiger partial charge in [0.25, 0.3) is 11.8 Å². The molecule has 10 nitrogen and oxygen atoms in total. The van der Waals surface area contributed by atoms with Crippen LogP contribution in [0, 0.1) is 23.7 Å². The first-order chi connectivity index (χ1) is 24.9. The summed E-state index contributed by atoms with van der Waals surface area (Å²) >= 11 is 14.6. The average molecular weight is 742 g/mol. The van der Waals surface area contributed by atoms with Crippen LogP contribution in [-0.4, -0.2) is 64.7 Å². The fourth-order valence-electron chi connectivity index (χ4n) is 8.70. The minimum atomic E-state index is -1.91. The minimum Gasteiger partial charge on any atom is -0.508 e. The number of rotatable bonds is 6. The van der Waals surface area contributed by atoms with Crippen LogP contribution in [0.2, 0.25) is 0 Å². The van der Waals surface area contributed by atoms with Crippen LogP contribution in [0.4, 0.5) is 5.69 Å². The molecule has 3 aliphatic heterocycles. The molecule has 6 atom stereocenters. The lowest BCUT2D eigenvalue weighted by atomic mass is 9.56. The van der Waals surface area contributed by atoms with Crippen molar-refractivity contribution >= 4 is 64.7 Å². The SMILES string of the molecule is COc1ccc(OC)c(C=Cc2ccc(N3C(=O)C4CC=C5C(CC6(Cl)C(=O)N(C)C(=O)C6(Cl)C5C5=COc6ccc(O)cc6C5)C4C3=O)cc2)c1. The lowest BCUT2D eigenvalue weighted by Gasteiger charge is -2.51. The second-order valence-electron chi connectivity index (χ2n) is 13.8. The van der Waals surface area contributed by atoms with Crippen molar-refractivity contribution in [3.05, 3.63) is 101 Å². The lowest BCUT2D eigenvalue weighted by Crippen LogP contribution is -2.61. The largest absolute Gasteiger partial charge is 0.508 e. The third-order valence-electron chi connectivity index (χ3n) is 11.2. The number of carbonyl (C=O) groups excluding carboxylic acids is 4. The van der Waals surface area contributed by atoms with Crippen LogP contribution in [0.15, 0.2) is 84.1 Å². The number of amides is 4. The zero-order chi connectivity index (χ0) is 36.7. The van der Waals surface area contributed by atoms with Crippen molar-refractivity contribution < 1.29 is 38.5 Å². The van der Waals surface area contributed by atoms with E-state index in [1.807, 2.05) is 48.6 Å². The Bertz CT molecular complexity index is 2160. The number of hydrogen-bond donors (Lipinski definition) is 1. The number of halogens is 2. The minimum absolute atomic E-state index is 0.0419. The Morgan fingerprint density at radius 1 is 0.904 bits per heavy atom. The predicted octanol–water partition coefficient (Wildman–Crippen LogP) is 6.12. The Balaban J connectivity index is 1.12. The van der Waals surface area contributed by atoms with Gasteiger partial charge in [-0.3, -0.25) is 29.0 Å². The number of methoxy groups -OCH3 is 2. The molecule has 0 spiro atoms. The Morgan fingerprint density at radius 3 is 2.40 bits per heavy atom. The third-order valence-corrected chi connectivity index (χ3v) is 12.6. The van der Waals surface area contributed by atoms with Gasteiger partial charge >= 0.3 is 0 Å². The number of ether oxygens (including phenoxy) is 3. The summed E-state index contributed by atoms with van der Waals surface area (Å²) in [5.74, 6) is -3.19. The van der Waals surface area contributed by atoms with Gasteiger partial charge in [-0.05, 0) is 78.4 Å². The van der Waals surface area contributed by atoms with Gasteiger partial charge in [0.1, 0.15) is 23.0 Å². The Morgan fingerprint density at radius 2 is 1.67 bits per heavy atom. The van der Waals surface area contributed by atoms with Crippen molar-refractivity contribution in [2.24, 2.45) is 23.7 Å². The number of carbonyl (C=O) groups is 4. The van der Waals surface area contributed by atoms with E-state index in [4.69, 9.17) is 37.4 Å². The normalized spacial score (nSPS) is 29.2. The maximum Gasteiger partial charge on any atom is 0.253 e. The molecule has 3 aromatic carbocycles. The molecule has 1 N–H and O–H groups in total. The second kappa shape index (κ2) is 12.3. The van der Waals surface area contributed by atoms with Crippen LogP contribution >= 0.6 is 23.2 Å². The van der Waals surface area contributed by atoms with E-state index in [0.29, 0.717) is 39.6 Å². The molecule has 3 heterocycles. The first kappa shape index (κ1) is 34.0. The van der Waals surface area contributed by atoms with Crippen molar-refractivity contribution in [1.29, 1.82) is 0 Å². The predicted molar refractivity (Wildman–Crippen MR) is 194 cm³/mol. The number of fused-ring (bicyclic) bond motifs is 5. The fourth-order valence-corrected chi connectivity index (χ4v) is 9.73. The maximum absolute atomic E-state index is 14.4. The van der Waals surface area contributed by atoms with E-state index in [1.54, 1.807) is 38.5 Å². The number of imide groups is 2. The molecule has 8 rings (SSSR count). The summed E-state index contributed by atoms with van der Waals surface area (Å²) in [7, 11) is 4.54. The van der Waals surface area contributed by atoms with Crippen molar-refractivity contribution in [2.45, 2.75) is 29.0 Å². The van der Waals surface area contributed by atoms with E-state index in [1.165, 1.54) is 24.3 Å². The highest BCUT2D eigenvalue weighted by molar-refractivity contribution is 6.53. The summed E-state index contributed by atoms with van der Waals surface area (Å²) in [4.78, 5) is 54.5. The summed E-state index contributed by atoms with van der Waals surface area (Å²) < 4.78 is 16.8. The van der Waals surface area contributed by atoms with E-state index in [9.17, 15) is 24.3 Å². The zero-order valence-electron chi connectivity index (χ0n) is 28.5. The number of nitrogens with zero attached hydrogens (tertiary/aromatic N) is 2. The van der Waals surface area contributed by atoms with E-state index >= 15 is 0 Å². The molecular formula is C40H34Cl2N2O8. The van der Waals surface area contributed by atoms with E-state index in [0.717, 1.165) is 16.0 Å². The molecule has 3 fully saturated rings. The third kappa shape index (κ3) is 4.84. The molecule has 2 saturated heterocycles. The summed E-state index contributed by atoms with van der Waals surface area (Å²) in [6, 6.07) is 17.3. The molecule has 0 bridgehead atoms. The van der Waals surface area contributed by atoms with Crippen LogP contribution in [0.5, 0.6) is 23.0 Å². The lowest BCUT2D eigenvalue weighted by molar-refractivity contribution is -0.138.